The molecule has 0 bridgehead atoms. The molecule has 1 heterocycles. The Morgan fingerprint density at radius 3 is 2.75 bits per heavy atom. The van der Waals surface area contributed by atoms with Gasteiger partial charge in [0, 0.05) is 5.39 Å². The molecule has 0 aliphatic carbocycles. The lowest BCUT2D eigenvalue weighted by molar-refractivity contribution is 0.0695. The number of H-pyrrole nitrogens is 1. The first-order valence-corrected chi connectivity index (χ1v) is 4.94. The molecule has 2 aromatic rings. The molecule has 0 unspecified atom stereocenters. The molecule has 82 valence electrons. The summed E-state index contributed by atoms with van der Waals surface area (Å²) in [6.07, 6.45) is 0. The van der Waals surface area contributed by atoms with Gasteiger partial charge < -0.3 is 10.1 Å². The summed E-state index contributed by atoms with van der Waals surface area (Å²) in [6, 6.07) is 4.78. The molecule has 0 aliphatic heterocycles. The second kappa shape index (κ2) is 3.64. The number of aryl methyl sites for hydroxylation is 1. The van der Waals surface area contributed by atoms with E-state index in [1.165, 1.54) is 6.07 Å². The summed E-state index contributed by atoms with van der Waals surface area (Å²) in [5.74, 6) is -1.25. The van der Waals surface area contributed by atoms with Gasteiger partial charge in [0.2, 0.25) is 0 Å². The maximum absolute atomic E-state index is 11.4. The summed E-state index contributed by atoms with van der Waals surface area (Å²) < 4.78 is 0. The molecular formula is C11H8ClNO3. The van der Waals surface area contributed by atoms with Crippen LogP contribution in [0.5, 0.6) is 0 Å². The lowest BCUT2D eigenvalue weighted by Gasteiger charge is -2.04. The summed E-state index contributed by atoms with van der Waals surface area (Å²) >= 11 is 5.92. The van der Waals surface area contributed by atoms with E-state index in [4.69, 9.17) is 16.7 Å². The third kappa shape index (κ3) is 1.57. The molecule has 0 amide bonds. The Labute approximate surface area is 95.5 Å². The number of rotatable bonds is 1. The zero-order chi connectivity index (χ0) is 11.9. The summed E-state index contributed by atoms with van der Waals surface area (Å²) in [7, 11) is 0. The van der Waals surface area contributed by atoms with Gasteiger partial charge in [0.1, 0.15) is 5.56 Å². The Kier molecular flexibility index (Phi) is 2.44. The lowest BCUT2D eigenvalue weighted by Crippen LogP contribution is -2.17. The number of aromatic amines is 1. The molecular weight excluding hydrogens is 230 g/mol. The standard InChI is InChI=1S/C11H8ClNO3/c1-5-2-3-8(12)9-6(5)4-7(11(15)16)10(14)13-9/h2-4H,1H3,(H,13,14)(H,15,16). The number of benzene rings is 1. The van der Waals surface area contributed by atoms with Crippen LogP contribution in [0.2, 0.25) is 5.02 Å². The Balaban J connectivity index is 2.95. The van der Waals surface area contributed by atoms with Crippen LogP contribution in [-0.2, 0) is 0 Å². The minimum absolute atomic E-state index is 0.280. The maximum Gasteiger partial charge on any atom is 0.341 e. The number of pyridine rings is 1. The topological polar surface area (TPSA) is 70.2 Å². The van der Waals surface area contributed by atoms with Crippen LogP contribution in [0.4, 0.5) is 0 Å². The van der Waals surface area contributed by atoms with Gasteiger partial charge in [0.15, 0.2) is 0 Å². The number of fused-ring (bicyclic) bond motifs is 1. The first kappa shape index (κ1) is 10.7. The van der Waals surface area contributed by atoms with Crippen molar-refractivity contribution in [3.63, 3.8) is 0 Å². The Bertz CT molecular complexity index is 645. The molecule has 4 nitrogen and oxygen atoms in total. The number of carbonyl (C=O) groups is 1. The highest BCUT2D eigenvalue weighted by Crippen LogP contribution is 2.23. The van der Waals surface area contributed by atoms with Crippen molar-refractivity contribution < 1.29 is 9.90 Å². The number of carboxylic acids is 1. The van der Waals surface area contributed by atoms with Crippen LogP contribution in [0.1, 0.15) is 15.9 Å². The van der Waals surface area contributed by atoms with Crippen molar-refractivity contribution in [2.45, 2.75) is 6.92 Å². The average molecular weight is 238 g/mol. The van der Waals surface area contributed by atoms with Gasteiger partial charge in [-0.05, 0) is 24.6 Å². The van der Waals surface area contributed by atoms with Crippen LogP contribution in [0.25, 0.3) is 10.9 Å². The summed E-state index contributed by atoms with van der Waals surface area (Å²) in [4.78, 5) is 24.7. The Hall–Kier alpha value is -1.81. The largest absolute Gasteiger partial charge is 0.477 e. The normalized spacial score (nSPS) is 10.6. The van der Waals surface area contributed by atoms with Crippen LogP contribution < -0.4 is 5.56 Å². The van der Waals surface area contributed by atoms with Crippen molar-refractivity contribution in [1.29, 1.82) is 0 Å². The van der Waals surface area contributed by atoms with Crippen LogP contribution >= 0.6 is 11.6 Å². The lowest BCUT2D eigenvalue weighted by atomic mass is 10.1. The predicted molar refractivity (Wildman–Crippen MR) is 61.3 cm³/mol. The molecule has 0 atom stereocenters. The number of carboxylic acid groups (broad SMARTS) is 1. The molecule has 0 saturated carbocycles. The average Bonchev–Trinajstić information content (AvgIpc) is 2.23. The number of aromatic nitrogens is 1. The fourth-order valence-electron chi connectivity index (χ4n) is 1.56. The van der Waals surface area contributed by atoms with Gasteiger partial charge in [-0.2, -0.15) is 0 Å². The van der Waals surface area contributed by atoms with E-state index in [2.05, 4.69) is 4.98 Å². The van der Waals surface area contributed by atoms with Crippen LogP contribution in [-0.4, -0.2) is 16.1 Å². The van der Waals surface area contributed by atoms with Crippen molar-refractivity contribution in [2.24, 2.45) is 0 Å². The third-order valence-corrected chi connectivity index (χ3v) is 2.73. The first-order chi connectivity index (χ1) is 7.50. The zero-order valence-electron chi connectivity index (χ0n) is 8.37. The maximum atomic E-state index is 11.4. The smallest absolute Gasteiger partial charge is 0.341 e. The van der Waals surface area contributed by atoms with E-state index < -0.39 is 11.5 Å². The van der Waals surface area contributed by atoms with E-state index >= 15 is 0 Å². The van der Waals surface area contributed by atoms with E-state index in [0.29, 0.717) is 15.9 Å². The summed E-state index contributed by atoms with van der Waals surface area (Å²) in [5, 5.41) is 9.87. The second-order valence-electron chi connectivity index (χ2n) is 3.47. The molecule has 5 heteroatoms. The van der Waals surface area contributed by atoms with E-state index in [-0.39, 0.29) is 5.56 Å². The molecule has 0 fully saturated rings. The van der Waals surface area contributed by atoms with Crippen molar-refractivity contribution in [3.05, 3.63) is 44.7 Å². The summed E-state index contributed by atoms with van der Waals surface area (Å²) in [5.41, 5.74) is 0.403. The van der Waals surface area contributed by atoms with E-state index in [1.54, 1.807) is 12.1 Å². The molecule has 2 rings (SSSR count). The fraction of sp³-hybridized carbons (Fsp3) is 0.0909. The monoisotopic (exact) mass is 237 g/mol. The second-order valence-corrected chi connectivity index (χ2v) is 3.88. The number of aromatic carboxylic acids is 1. The Morgan fingerprint density at radius 2 is 2.12 bits per heavy atom. The SMILES string of the molecule is Cc1ccc(Cl)c2[nH]c(=O)c(C(=O)O)cc12. The van der Waals surface area contributed by atoms with E-state index in [1.807, 2.05) is 6.92 Å². The minimum Gasteiger partial charge on any atom is -0.477 e. The first-order valence-electron chi connectivity index (χ1n) is 4.56. The molecule has 16 heavy (non-hydrogen) atoms. The highest BCUT2D eigenvalue weighted by Gasteiger charge is 2.12. The van der Waals surface area contributed by atoms with Crippen LogP contribution in [0.15, 0.2) is 23.0 Å². The minimum atomic E-state index is -1.25. The molecule has 0 saturated heterocycles. The van der Waals surface area contributed by atoms with E-state index in [9.17, 15) is 9.59 Å². The molecule has 0 spiro atoms. The van der Waals surface area contributed by atoms with Crippen molar-refractivity contribution in [3.8, 4) is 0 Å². The van der Waals surface area contributed by atoms with Gasteiger partial charge >= 0.3 is 5.97 Å². The third-order valence-electron chi connectivity index (χ3n) is 2.41. The van der Waals surface area contributed by atoms with Crippen LogP contribution in [0.3, 0.4) is 0 Å². The summed E-state index contributed by atoms with van der Waals surface area (Å²) in [6.45, 7) is 1.82. The number of hydrogen-bond acceptors (Lipinski definition) is 2. The Morgan fingerprint density at radius 1 is 1.44 bits per heavy atom. The number of halogens is 1. The van der Waals surface area contributed by atoms with Crippen LogP contribution in [0, 0.1) is 6.92 Å². The predicted octanol–water partition coefficient (Wildman–Crippen LogP) is 2.19. The molecule has 1 aromatic carbocycles. The van der Waals surface area contributed by atoms with Gasteiger partial charge in [-0.25, -0.2) is 4.79 Å². The zero-order valence-corrected chi connectivity index (χ0v) is 9.13. The van der Waals surface area contributed by atoms with Gasteiger partial charge in [-0.3, -0.25) is 4.79 Å². The van der Waals surface area contributed by atoms with Crippen molar-refractivity contribution in [2.75, 3.05) is 0 Å². The fourth-order valence-corrected chi connectivity index (χ4v) is 1.77. The van der Waals surface area contributed by atoms with Crippen molar-refractivity contribution in [1.82, 2.24) is 4.98 Å². The highest BCUT2D eigenvalue weighted by atomic mass is 35.5. The van der Waals surface area contributed by atoms with Gasteiger partial charge in [0.25, 0.3) is 5.56 Å². The van der Waals surface area contributed by atoms with Gasteiger partial charge in [-0.15, -0.1) is 0 Å². The molecule has 2 N–H and O–H groups in total. The molecule has 0 aliphatic rings. The number of nitrogens with one attached hydrogen (secondary N) is 1. The quantitative estimate of drug-likeness (QED) is 0.799. The number of hydrogen-bond donors (Lipinski definition) is 2. The van der Waals surface area contributed by atoms with Crippen molar-refractivity contribution >= 4 is 28.5 Å². The molecule has 1 aromatic heterocycles. The highest BCUT2D eigenvalue weighted by molar-refractivity contribution is 6.35. The van der Waals surface area contributed by atoms with E-state index in [0.717, 1.165) is 5.56 Å². The molecule has 0 radical (unpaired) electrons. The van der Waals surface area contributed by atoms with Gasteiger partial charge in [0.05, 0.1) is 10.5 Å². The van der Waals surface area contributed by atoms with Gasteiger partial charge in [-0.1, -0.05) is 17.7 Å².